The van der Waals surface area contributed by atoms with Gasteiger partial charge in [0.15, 0.2) is 0 Å². The lowest BCUT2D eigenvalue weighted by molar-refractivity contribution is -0.140. The van der Waals surface area contributed by atoms with Crippen molar-refractivity contribution in [2.45, 2.75) is 6.42 Å². The number of rotatable bonds is 1. The van der Waals surface area contributed by atoms with E-state index in [4.69, 9.17) is 0 Å². The number of hydrogen-bond acceptors (Lipinski definition) is 3. The van der Waals surface area contributed by atoms with Gasteiger partial charge >= 0.3 is 5.97 Å². The van der Waals surface area contributed by atoms with Crippen LogP contribution in [0, 0.1) is 5.82 Å². The van der Waals surface area contributed by atoms with E-state index in [0.29, 0.717) is 11.3 Å². The van der Waals surface area contributed by atoms with Crippen molar-refractivity contribution in [2.75, 3.05) is 0 Å². The Hall–Kier alpha value is -1.71. The maximum Gasteiger partial charge on any atom is 0.341 e. The van der Waals surface area contributed by atoms with E-state index in [2.05, 4.69) is 9.99 Å². The van der Waals surface area contributed by atoms with Gasteiger partial charge in [0.2, 0.25) is 0 Å². The Kier molecular flexibility index (Phi) is 1.81. The van der Waals surface area contributed by atoms with Crippen molar-refractivity contribution in [1.29, 1.82) is 0 Å². The molecule has 4 heteroatoms. The summed E-state index contributed by atoms with van der Waals surface area (Å²) >= 11 is 0. The minimum atomic E-state index is -0.446. The topological polar surface area (TPSA) is 38.7 Å². The van der Waals surface area contributed by atoms with Crippen molar-refractivity contribution in [3.63, 3.8) is 0 Å². The molecule has 0 unspecified atom stereocenters. The molecule has 3 nitrogen and oxygen atoms in total. The third-order valence-electron chi connectivity index (χ3n) is 1.75. The smallest absolute Gasteiger partial charge is 0.318 e. The molecule has 1 aromatic carbocycles. The average Bonchev–Trinajstić information content (AvgIpc) is 2.53. The average molecular weight is 179 g/mol. The van der Waals surface area contributed by atoms with Gasteiger partial charge in [0.05, 0.1) is 6.42 Å². The highest BCUT2D eigenvalue weighted by Crippen LogP contribution is 2.14. The van der Waals surface area contributed by atoms with Crippen molar-refractivity contribution in [1.82, 2.24) is 0 Å². The summed E-state index contributed by atoms with van der Waals surface area (Å²) in [4.78, 5) is 15.0. The summed E-state index contributed by atoms with van der Waals surface area (Å²) in [6, 6.07) is 6.15. The van der Waals surface area contributed by atoms with Crippen molar-refractivity contribution < 1.29 is 14.0 Å². The maximum atomic E-state index is 13.1. The molecule has 0 amide bonds. The predicted octanol–water partition coefficient (Wildman–Crippen LogP) is 1.48. The van der Waals surface area contributed by atoms with E-state index in [-0.39, 0.29) is 12.2 Å². The molecule has 1 aromatic rings. The Morgan fingerprint density at radius 2 is 2.15 bits per heavy atom. The lowest BCUT2D eigenvalue weighted by Crippen LogP contribution is -2.02. The largest absolute Gasteiger partial charge is 0.341 e. The number of oxime groups is 1. The van der Waals surface area contributed by atoms with Crippen LogP contribution in [0.4, 0.5) is 4.39 Å². The van der Waals surface area contributed by atoms with Crippen molar-refractivity contribution in [3.05, 3.63) is 35.6 Å². The Balaban J connectivity index is 2.37. The van der Waals surface area contributed by atoms with Gasteiger partial charge in [0, 0.05) is 5.56 Å². The number of hydrogen-bond donors (Lipinski definition) is 0. The van der Waals surface area contributed by atoms with Gasteiger partial charge in [0.1, 0.15) is 11.5 Å². The summed E-state index contributed by atoms with van der Waals surface area (Å²) in [6.45, 7) is 0. The molecule has 13 heavy (non-hydrogen) atoms. The van der Waals surface area contributed by atoms with Gasteiger partial charge in [0.25, 0.3) is 0 Å². The van der Waals surface area contributed by atoms with Crippen LogP contribution in [0.25, 0.3) is 0 Å². The molecular formula is C9H6FNO2. The SMILES string of the molecule is O=C1CC(c2ccccc2F)=NO1. The van der Waals surface area contributed by atoms with Gasteiger partial charge in [-0.15, -0.1) is 0 Å². The summed E-state index contributed by atoms with van der Waals surface area (Å²) in [7, 11) is 0. The first-order valence-corrected chi connectivity index (χ1v) is 3.79. The molecule has 2 rings (SSSR count). The third-order valence-corrected chi connectivity index (χ3v) is 1.75. The quantitative estimate of drug-likeness (QED) is 0.612. The van der Waals surface area contributed by atoms with E-state index < -0.39 is 5.97 Å². The molecule has 1 aliphatic heterocycles. The molecule has 0 fully saturated rings. The number of nitrogens with zero attached hydrogens (tertiary/aromatic N) is 1. The third kappa shape index (κ3) is 1.42. The van der Waals surface area contributed by atoms with Crippen LogP contribution >= 0.6 is 0 Å². The van der Waals surface area contributed by atoms with Crippen LogP contribution in [0.1, 0.15) is 12.0 Å². The number of halogens is 1. The molecule has 0 atom stereocenters. The normalized spacial score (nSPS) is 15.5. The minimum absolute atomic E-state index is 0.0426. The lowest BCUT2D eigenvalue weighted by Gasteiger charge is -1.97. The molecule has 0 saturated heterocycles. The van der Waals surface area contributed by atoms with E-state index in [1.165, 1.54) is 6.07 Å². The van der Waals surface area contributed by atoms with E-state index in [1.807, 2.05) is 0 Å². The maximum absolute atomic E-state index is 13.1. The zero-order valence-corrected chi connectivity index (χ0v) is 6.66. The molecule has 0 radical (unpaired) electrons. The Bertz CT molecular complexity index is 387. The molecule has 0 spiro atoms. The molecule has 1 aliphatic rings. The molecule has 1 heterocycles. The first-order chi connectivity index (χ1) is 6.27. The number of carbonyl (C=O) groups excluding carboxylic acids is 1. The molecule has 0 saturated carbocycles. The van der Waals surface area contributed by atoms with Crippen LogP contribution in [0.2, 0.25) is 0 Å². The zero-order valence-electron chi connectivity index (χ0n) is 6.66. The summed E-state index contributed by atoms with van der Waals surface area (Å²) in [5.74, 6) is -0.835. The van der Waals surface area contributed by atoms with E-state index >= 15 is 0 Å². The van der Waals surface area contributed by atoms with Gasteiger partial charge in [-0.1, -0.05) is 23.4 Å². The fourth-order valence-electron chi connectivity index (χ4n) is 1.15. The highest BCUT2D eigenvalue weighted by Gasteiger charge is 2.20. The van der Waals surface area contributed by atoms with Gasteiger partial charge in [-0.2, -0.15) is 0 Å². The van der Waals surface area contributed by atoms with E-state index in [9.17, 15) is 9.18 Å². The second-order valence-electron chi connectivity index (χ2n) is 2.66. The van der Waals surface area contributed by atoms with Crippen LogP contribution in [-0.2, 0) is 9.63 Å². The first kappa shape index (κ1) is 7.91. The Labute approximate surface area is 73.8 Å². The summed E-state index contributed by atoms with van der Waals surface area (Å²) < 4.78 is 13.1. The second kappa shape index (κ2) is 2.97. The Morgan fingerprint density at radius 3 is 2.77 bits per heavy atom. The molecule has 0 bridgehead atoms. The van der Waals surface area contributed by atoms with Crippen LogP contribution in [0.3, 0.4) is 0 Å². The van der Waals surface area contributed by atoms with Crippen molar-refractivity contribution in [3.8, 4) is 0 Å². The fraction of sp³-hybridized carbons (Fsp3) is 0.111. The van der Waals surface area contributed by atoms with Gasteiger partial charge in [-0.25, -0.2) is 9.18 Å². The van der Waals surface area contributed by atoms with Crippen molar-refractivity contribution >= 4 is 11.7 Å². The van der Waals surface area contributed by atoms with Crippen LogP contribution < -0.4 is 0 Å². The van der Waals surface area contributed by atoms with Gasteiger partial charge in [-0.05, 0) is 6.07 Å². The standard InChI is InChI=1S/C9H6FNO2/c10-7-4-2-1-3-6(7)8-5-9(12)13-11-8/h1-4H,5H2. The monoisotopic (exact) mass is 179 g/mol. The van der Waals surface area contributed by atoms with E-state index in [0.717, 1.165) is 0 Å². The highest BCUT2D eigenvalue weighted by atomic mass is 19.1. The van der Waals surface area contributed by atoms with E-state index in [1.54, 1.807) is 18.2 Å². The zero-order chi connectivity index (χ0) is 9.26. The van der Waals surface area contributed by atoms with Crippen LogP contribution in [0.15, 0.2) is 29.4 Å². The summed E-state index contributed by atoms with van der Waals surface area (Å²) in [5, 5.41) is 3.47. The number of benzene rings is 1. The molecule has 66 valence electrons. The molecular weight excluding hydrogens is 173 g/mol. The van der Waals surface area contributed by atoms with Crippen molar-refractivity contribution in [2.24, 2.45) is 5.16 Å². The Morgan fingerprint density at radius 1 is 1.38 bits per heavy atom. The lowest BCUT2D eigenvalue weighted by atomic mass is 10.1. The molecule has 0 N–H and O–H groups in total. The van der Waals surface area contributed by atoms with Gasteiger partial charge < -0.3 is 4.84 Å². The second-order valence-corrected chi connectivity index (χ2v) is 2.66. The summed E-state index contributed by atoms with van der Waals surface area (Å²) in [5.41, 5.74) is 0.677. The molecule has 0 aromatic heterocycles. The van der Waals surface area contributed by atoms with Gasteiger partial charge in [-0.3, -0.25) is 0 Å². The van der Waals surface area contributed by atoms with Crippen LogP contribution in [0.5, 0.6) is 0 Å². The number of carbonyl (C=O) groups is 1. The predicted molar refractivity (Wildman–Crippen MR) is 43.6 cm³/mol. The summed E-state index contributed by atoms with van der Waals surface area (Å²) in [6.07, 6.45) is 0.0426. The highest BCUT2D eigenvalue weighted by molar-refractivity contribution is 6.11. The fourth-order valence-corrected chi connectivity index (χ4v) is 1.15. The molecule has 0 aliphatic carbocycles. The first-order valence-electron chi connectivity index (χ1n) is 3.79. The van der Waals surface area contributed by atoms with Crippen LogP contribution in [-0.4, -0.2) is 11.7 Å². The minimum Gasteiger partial charge on any atom is -0.318 e.